The summed E-state index contributed by atoms with van der Waals surface area (Å²) in [6, 6.07) is 8.24. The van der Waals surface area contributed by atoms with Gasteiger partial charge in [0, 0.05) is 18.9 Å². The molecule has 1 aromatic rings. The summed E-state index contributed by atoms with van der Waals surface area (Å²) in [5.74, 6) is -0.957. The fourth-order valence-electron chi connectivity index (χ4n) is 3.86. The smallest absolute Gasteiger partial charge is 0.243 e. The lowest BCUT2D eigenvalue weighted by atomic mass is 9.87. The van der Waals surface area contributed by atoms with Crippen molar-refractivity contribution in [1.29, 1.82) is 0 Å². The highest BCUT2D eigenvalue weighted by Crippen LogP contribution is 2.23. The molecule has 0 radical (unpaired) electrons. The summed E-state index contributed by atoms with van der Waals surface area (Å²) in [4.78, 5) is 49.0. The normalized spacial score (nSPS) is 19.1. The molecule has 3 N–H and O–H groups in total. The van der Waals surface area contributed by atoms with Crippen LogP contribution in [-0.2, 0) is 19.2 Å². The molecule has 1 aromatic carbocycles. The van der Waals surface area contributed by atoms with Crippen LogP contribution in [0.25, 0.3) is 0 Å². The van der Waals surface area contributed by atoms with Crippen molar-refractivity contribution in [3.8, 4) is 0 Å². The van der Waals surface area contributed by atoms with Crippen molar-refractivity contribution in [2.24, 2.45) is 11.3 Å². The zero-order valence-electron chi connectivity index (χ0n) is 18.9. The minimum Gasteiger partial charge on any atom is -0.356 e. The average Bonchev–Trinajstić information content (AvgIpc) is 3.10. The van der Waals surface area contributed by atoms with Gasteiger partial charge < -0.3 is 20.7 Å². The second-order valence-electron chi connectivity index (χ2n) is 9.66. The minimum atomic E-state index is -0.760. The summed E-state index contributed by atoms with van der Waals surface area (Å²) in [5, 5.41) is 8.32. The van der Waals surface area contributed by atoms with Crippen molar-refractivity contribution < 1.29 is 19.2 Å². The van der Waals surface area contributed by atoms with E-state index in [2.05, 4.69) is 16.0 Å². The van der Waals surface area contributed by atoms with Crippen molar-refractivity contribution in [3.63, 3.8) is 0 Å². The van der Waals surface area contributed by atoms with Crippen LogP contribution in [0.2, 0.25) is 0 Å². The number of benzene rings is 1. The Morgan fingerprint density at radius 3 is 2.42 bits per heavy atom. The van der Waals surface area contributed by atoms with Crippen molar-refractivity contribution in [1.82, 2.24) is 16.0 Å². The zero-order chi connectivity index (χ0) is 23.0. The van der Waals surface area contributed by atoms with E-state index >= 15 is 0 Å². The number of hydrogen-bond acceptors (Lipinski definition) is 4. The van der Waals surface area contributed by atoms with Gasteiger partial charge in [0.15, 0.2) is 0 Å². The molecule has 3 amide bonds. The lowest BCUT2D eigenvalue weighted by Gasteiger charge is -2.28. The van der Waals surface area contributed by atoms with E-state index in [1.165, 1.54) is 0 Å². The number of amides is 3. The van der Waals surface area contributed by atoms with E-state index in [4.69, 9.17) is 0 Å². The van der Waals surface area contributed by atoms with E-state index in [0.29, 0.717) is 25.7 Å². The summed E-state index contributed by atoms with van der Waals surface area (Å²) in [7, 11) is 0. The monoisotopic (exact) mass is 429 g/mol. The fourth-order valence-corrected chi connectivity index (χ4v) is 3.86. The molecular weight excluding hydrogens is 394 g/mol. The topological polar surface area (TPSA) is 104 Å². The molecule has 7 nitrogen and oxygen atoms in total. The molecular formula is C24H35N3O4. The Bertz CT molecular complexity index is 773. The molecule has 0 aromatic heterocycles. The molecule has 4 atom stereocenters. The maximum atomic E-state index is 13.0. The van der Waals surface area contributed by atoms with Gasteiger partial charge in [0.05, 0.1) is 6.04 Å². The van der Waals surface area contributed by atoms with Crippen molar-refractivity contribution in [2.45, 2.75) is 71.4 Å². The number of nitrogens with one attached hydrogen (secondary N) is 3. The molecule has 31 heavy (non-hydrogen) atoms. The highest BCUT2D eigenvalue weighted by atomic mass is 16.2. The Kier molecular flexibility index (Phi) is 8.77. The van der Waals surface area contributed by atoms with Gasteiger partial charge in [-0.05, 0) is 36.2 Å². The first-order valence-electron chi connectivity index (χ1n) is 11.0. The van der Waals surface area contributed by atoms with Gasteiger partial charge in [-0.1, -0.05) is 58.0 Å². The molecule has 0 unspecified atom stereocenters. The van der Waals surface area contributed by atoms with Crippen LogP contribution < -0.4 is 16.0 Å². The zero-order valence-corrected chi connectivity index (χ0v) is 18.9. The maximum absolute atomic E-state index is 13.0. The second kappa shape index (κ2) is 11.1. The summed E-state index contributed by atoms with van der Waals surface area (Å²) >= 11 is 0. The first-order chi connectivity index (χ1) is 14.6. The van der Waals surface area contributed by atoms with Crippen LogP contribution >= 0.6 is 0 Å². The standard InChI is InChI=1S/C24H35N3O4/c1-16(17-8-6-5-7-9-17)12-21(29)27-20(14-24(2,3)4)23(31)26-19(15-28)13-18-10-11-25-22(18)30/h5-9,15-16,18-20H,10-14H2,1-4H3,(H,25,30)(H,26,31)(H,27,29)/t16-,18-,19-,20-/m0/s1. The molecule has 1 heterocycles. The van der Waals surface area contributed by atoms with Crippen LogP contribution in [0.1, 0.15) is 64.9 Å². The molecule has 0 spiro atoms. The van der Waals surface area contributed by atoms with Crippen LogP contribution in [-0.4, -0.2) is 42.6 Å². The Labute approximate surface area is 184 Å². The molecule has 7 heteroatoms. The Morgan fingerprint density at radius 1 is 1.19 bits per heavy atom. The fraction of sp³-hybridized carbons (Fsp3) is 0.583. The predicted octanol–water partition coefficient (Wildman–Crippen LogP) is 2.31. The highest BCUT2D eigenvalue weighted by Gasteiger charge is 2.31. The van der Waals surface area contributed by atoms with Crippen LogP contribution in [0.3, 0.4) is 0 Å². The largest absolute Gasteiger partial charge is 0.356 e. The first kappa shape index (κ1) is 24.6. The van der Waals surface area contributed by atoms with Gasteiger partial charge >= 0.3 is 0 Å². The molecule has 0 saturated carbocycles. The second-order valence-corrected chi connectivity index (χ2v) is 9.66. The predicted molar refractivity (Wildman–Crippen MR) is 119 cm³/mol. The van der Waals surface area contributed by atoms with Crippen LogP contribution in [0.15, 0.2) is 30.3 Å². The van der Waals surface area contributed by atoms with Crippen LogP contribution in [0.4, 0.5) is 0 Å². The van der Waals surface area contributed by atoms with Gasteiger partial charge in [0.25, 0.3) is 0 Å². The van der Waals surface area contributed by atoms with Gasteiger partial charge in [-0.25, -0.2) is 0 Å². The Balaban J connectivity index is 2.00. The van der Waals surface area contributed by atoms with Crippen LogP contribution in [0.5, 0.6) is 0 Å². The summed E-state index contributed by atoms with van der Waals surface area (Å²) < 4.78 is 0. The molecule has 1 fully saturated rings. The number of carbonyl (C=O) groups excluding carboxylic acids is 4. The molecule has 170 valence electrons. The number of hydrogen-bond donors (Lipinski definition) is 3. The van der Waals surface area contributed by atoms with E-state index in [-0.39, 0.29) is 41.9 Å². The van der Waals surface area contributed by atoms with E-state index in [0.717, 1.165) is 5.56 Å². The molecule has 0 bridgehead atoms. The molecule has 2 rings (SSSR count). The van der Waals surface area contributed by atoms with E-state index in [1.807, 2.05) is 58.0 Å². The van der Waals surface area contributed by atoms with Crippen LogP contribution in [0, 0.1) is 11.3 Å². The third kappa shape index (κ3) is 8.15. The number of aldehydes is 1. The average molecular weight is 430 g/mol. The van der Waals surface area contributed by atoms with E-state index in [9.17, 15) is 19.2 Å². The van der Waals surface area contributed by atoms with Gasteiger partial charge in [-0.15, -0.1) is 0 Å². The molecule has 0 aliphatic carbocycles. The molecule has 1 aliphatic heterocycles. The van der Waals surface area contributed by atoms with Gasteiger partial charge in [0.1, 0.15) is 12.3 Å². The van der Waals surface area contributed by atoms with Gasteiger partial charge in [-0.2, -0.15) is 0 Å². The summed E-state index contributed by atoms with van der Waals surface area (Å²) in [6.07, 6.45) is 2.27. The highest BCUT2D eigenvalue weighted by molar-refractivity contribution is 5.89. The van der Waals surface area contributed by atoms with Gasteiger partial charge in [-0.3, -0.25) is 14.4 Å². The lowest BCUT2D eigenvalue weighted by Crippen LogP contribution is -2.52. The van der Waals surface area contributed by atoms with Crippen molar-refractivity contribution in [3.05, 3.63) is 35.9 Å². The van der Waals surface area contributed by atoms with E-state index < -0.39 is 18.0 Å². The molecule has 1 saturated heterocycles. The Hall–Kier alpha value is -2.70. The summed E-state index contributed by atoms with van der Waals surface area (Å²) in [6.45, 7) is 8.54. The number of carbonyl (C=O) groups is 4. The quantitative estimate of drug-likeness (QED) is 0.497. The first-order valence-corrected chi connectivity index (χ1v) is 11.0. The van der Waals surface area contributed by atoms with E-state index in [1.54, 1.807) is 0 Å². The minimum absolute atomic E-state index is 0.0168. The lowest BCUT2D eigenvalue weighted by molar-refractivity contribution is -0.131. The SMILES string of the molecule is C[C@@H](CC(=O)N[C@@H](CC(C)(C)C)C(=O)N[C@H](C=O)C[C@@H]1CCNC1=O)c1ccccc1. The third-order valence-corrected chi connectivity index (χ3v) is 5.52. The van der Waals surface area contributed by atoms with Crippen molar-refractivity contribution in [2.75, 3.05) is 6.54 Å². The summed E-state index contributed by atoms with van der Waals surface area (Å²) in [5.41, 5.74) is 0.854. The number of rotatable bonds is 10. The molecule has 1 aliphatic rings. The third-order valence-electron chi connectivity index (χ3n) is 5.52. The van der Waals surface area contributed by atoms with Gasteiger partial charge in [0.2, 0.25) is 17.7 Å². The maximum Gasteiger partial charge on any atom is 0.243 e. The van der Waals surface area contributed by atoms with Crippen molar-refractivity contribution >= 4 is 24.0 Å². The Morgan fingerprint density at radius 2 is 1.87 bits per heavy atom.